The second-order valence-electron chi connectivity index (χ2n) is 3.49. The second-order valence-corrected chi connectivity index (χ2v) is 4.41. The van der Waals surface area contributed by atoms with E-state index < -0.39 is 6.10 Å². The number of aliphatic hydroxyl groups is 1. The number of aromatic amines is 1. The van der Waals surface area contributed by atoms with Crippen LogP contribution in [0, 0.1) is 0 Å². The van der Waals surface area contributed by atoms with Crippen molar-refractivity contribution >= 4 is 15.9 Å². The first-order chi connectivity index (χ1) is 7.25. The Morgan fingerprint density at radius 3 is 2.87 bits per heavy atom. The summed E-state index contributed by atoms with van der Waals surface area (Å²) in [6.45, 7) is 0. The molecule has 0 amide bonds. The van der Waals surface area contributed by atoms with Crippen molar-refractivity contribution < 1.29 is 5.11 Å². The molecule has 0 bridgehead atoms. The van der Waals surface area contributed by atoms with Gasteiger partial charge in [-0.25, -0.2) is 0 Å². The Morgan fingerprint density at radius 1 is 1.33 bits per heavy atom. The standard InChI is InChI=1S/C12H12BrNO/c13-11-3-1-2-9(6-11)7-12(15)10-4-5-14-8-10/h1-6,8,12,14-15H,7H2. The zero-order chi connectivity index (χ0) is 10.7. The number of halogens is 1. The molecule has 1 aromatic heterocycles. The lowest BCUT2D eigenvalue weighted by Crippen LogP contribution is -2.00. The predicted octanol–water partition coefficient (Wildman–Crippen LogP) is 3.05. The van der Waals surface area contributed by atoms with Crippen LogP contribution in [0.3, 0.4) is 0 Å². The van der Waals surface area contributed by atoms with Gasteiger partial charge in [0.25, 0.3) is 0 Å². The summed E-state index contributed by atoms with van der Waals surface area (Å²) in [7, 11) is 0. The van der Waals surface area contributed by atoms with Gasteiger partial charge in [0.15, 0.2) is 0 Å². The fraction of sp³-hybridized carbons (Fsp3) is 0.167. The van der Waals surface area contributed by atoms with Crippen molar-refractivity contribution in [2.45, 2.75) is 12.5 Å². The highest BCUT2D eigenvalue weighted by molar-refractivity contribution is 9.10. The van der Waals surface area contributed by atoms with Crippen molar-refractivity contribution in [3.8, 4) is 0 Å². The lowest BCUT2D eigenvalue weighted by Gasteiger charge is -2.08. The molecule has 0 fully saturated rings. The van der Waals surface area contributed by atoms with E-state index in [1.54, 1.807) is 0 Å². The number of benzene rings is 1. The summed E-state index contributed by atoms with van der Waals surface area (Å²) in [5, 5.41) is 9.92. The van der Waals surface area contributed by atoms with Gasteiger partial charge in [0, 0.05) is 23.3 Å². The van der Waals surface area contributed by atoms with Gasteiger partial charge in [-0.2, -0.15) is 0 Å². The molecule has 0 radical (unpaired) electrons. The predicted molar refractivity (Wildman–Crippen MR) is 63.6 cm³/mol. The lowest BCUT2D eigenvalue weighted by molar-refractivity contribution is 0.178. The Bertz CT molecular complexity index is 425. The molecule has 1 atom stereocenters. The van der Waals surface area contributed by atoms with E-state index in [1.807, 2.05) is 42.7 Å². The second kappa shape index (κ2) is 4.64. The van der Waals surface area contributed by atoms with E-state index in [1.165, 1.54) is 0 Å². The summed E-state index contributed by atoms with van der Waals surface area (Å²) >= 11 is 3.41. The highest BCUT2D eigenvalue weighted by Gasteiger charge is 2.08. The average molecular weight is 266 g/mol. The third-order valence-electron chi connectivity index (χ3n) is 2.32. The molecule has 0 aliphatic carbocycles. The molecule has 2 rings (SSSR count). The fourth-order valence-corrected chi connectivity index (χ4v) is 2.00. The van der Waals surface area contributed by atoms with Gasteiger partial charge in [0.2, 0.25) is 0 Å². The molecule has 1 unspecified atom stereocenters. The largest absolute Gasteiger partial charge is 0.388 e. The number of rotatable bonds is 3. The smallest absolute Gasteiger partial charge is 0.0844 e. The number of hydrogen-bond donors (Lipinski definition) is 2. The van der Waals surface area contributed by atoms with Gasteiger partial charge in [0.1, 0.15) is 0 Å². The summed E-state index contributed by atoms with van der Waals surface area (Å²) in [6.07, 6.45) is 3.84. The first-order valence-electron chi connectivity index (χ1n) is 4.81. The van der Waals surface area contributed by atoms with Gasteiger partial charge < -0.3 is 10.1 Å². The molecule has 2 nitrogen and oxygen atoms in total. The van der Waals surface area contributed by atoms with Crippen molar-refractivity contribution in [3.63, 3.8) is 0 Å². The number of nitrogens with one attached hydrogen (secondary N) is 1. The topological polar surface area (TPSA) is 36.0 Å². The quantitative estimate of drug-likeness (QED) is 0.880. The molecule has 3 heteroatoms. The Morgan fingerprint density at radius 2 is 2.20 bits per heavy atom. The zero-order valence-corrected chi connectivity index (χ0v) is 9.74. The Balaban J connectivity index is 2.09. The summed E-state index contributed by atoms with van der Waals surface area (Å²) in [5.41, 5.74) is 2.05. The molecule has 0 aliphatic rings. The molecule has 78 valence electrons. The highest BCUT2D eigenvalue weighted by atomic mass is 79.9. The van der Waals surface area contributed by atoms with Gasteiger partial charge in [0.05, 0.1) is 6.10 Å². The van der Waals surface area contributed by atoms with Crippen LogP contribution in [0.4, 0.5) is 0 Å². The van der Waals surface area contributed by atoms with Gasteiger partial charge in [-0.1, -0.05) is 28.1 Å². The fourth-order valence-electron chi connectivity index (χ4n) is 1.55. The summed E-state index contributed by atoms with van der Waals surface area (Å²) in [6, 6.07) is 9.88. The van der Waals surface area contributed by atoms with Crippen LogP contribution in [0.25, 0.3) is 0 Å². The van der Waals surface area contributed by atoms with Crippen LogP contribution in [0.2, 0.25) is 0 Å². The molecule has 2 aromatic rings. The minimum absolute atomic E-state index is 0.439. The number of aliphatic hydroxyl groups excluding tert-OH is 1. The molecule has 0 saturated carbocycles. The van der Waals surface area contributed by atoms with Crippen LogP contribution in [0.1, 0.15) is 17.2 Å². The van der Waals surface area contributed by atoms with E-state index in [0.29, 0.717) is 6.42 Å². The van der Waals surface area contributed by atoms with Crippen LogP contribution in [-0.2, 0) is 6.42 Å². The van der Waals surface area contributed by atoms with Crippen LogP contribution in [0.5, 0.6) is 0 Å². The number of hydrogen-bond acceptors (Lipinski definition) is 1. The first-order valence-corrected chi connectivity index (χ1v) is 5.60. The molecule has 2 N–H and O–H groups in total. The van der Waals surface area contributed by atoms with Gasteiger partial charge in [-0.3, -0.25) is 0 Å². The lowest BCUT2D eigenvalue weighted by atomic mass is 10.0. The monoisotopic (exact) mass is 265 g/mol. The van der Waals surface area contributed by atoms with Crippen LogP contribution in [-0.4, -0.2) is 10.1 Å². The zero-order valence-electron chi connectivity index (χ0n) is 8.15. The van der Waals surface area contributed by atoms with Gasteiger partial charge in [-0.15, -0.1) is 0 Å². The van der Waals surface area contributed by atoms with Gasteiger partial charge >= 0.3 is 0 Å². The third kappa shape index (κ3) is 2.70. The van der Waals surface area contributed by atoms with Crippen molar-refractivity contribution in [2.24, 2.45) is 0 Å². The van der Waals surface area contributed by atoms with Crippen molar-refractivity contribution in [2.75, 3.05) is 0 Å². The van der Waals surface area contributed by atoms with Crippen LogP contribution >= 0.6 is 15.9 Å². The Labute approximate surface area is 97.1 Å². The molecule has 1 heterocycles. The van der Waals surface area contributed by atoms with E-state index in [4.69, 9.17) is 0 Å². The number of H-pyrrole nitrogens is 1. The number of aromatic nitrogens is 1. The van der Waals surface area contributed by atoms with E-state index in [9.17, 15) is 5.11 Å². The van der Waals surface area contributed by atoms with Crippen molar-refractivity contribution in [1.29, 1.82) is 0 Å². The molecule has 15 heavy (non-hydrogen) atoms. The summed E-state index contributed by atoms with van der Waals surface area (Å²) in [5.74, 6) is 0. The van der Waals surface area contributed by atoms with E-state index in [-0.39, 0.29) is 0 Å². The molecule has 0 saturated heterocycles. The molecule has 0 spiro atoms. The van der Waals surface area contributed by atoms with E-state index in [0.717, 1.165) is 15.6 Å². The summed E-state index contributed by atoms with van der Waals surface area (Å²) < 4.78 is 1.04. The average Bonchev–Trinajstić information content (AvgIpc) is 2.70. The van der Waals surface area contributed by atoms with Crippen molar-refractivity contribution in [3.05, 3.63) is 58.3 Å². The van der Waals surface area contributed by atoms with Crippen molar-refractivity contribution in [1.82, 2.24) is 4.98 Å². The minimum Gasteiger partial charge on any atom is -0.388 e. The first kappa shape index (κ1) is 10.5. The molecule has 1 aromatic carbocycles. The highest BCUT2D eigenvalue weighted by Crippen LogP contribution is 2.19. The maximum Gasteiger partial charge on any atom is 0.0844 e. The van der Waals surface area contributed by atoms with E-state index in [2.05, 4.69) is 20.9 Å². The Hall–Kier alpha value is -1.06. The van der Waals surface area contributed by atoms with Crippen LogP contribution < -0.4 is 0 Å². The molecular formula is C12H12BrNO. The third-order valence-corrected chi connectivity index (χ3v) is 2.82. The Kier molecular flexibility index (Phi) is 3.23. The molecular weight excluding hydrogens is 254 g/mol. The minimum atomic E-state index is -0.439. The van der Waals surface area contributed by atoms with Crippen LogP contribution in [0.15, 0.2) is 47.2 Å². The maximum absolute atomic E-state index is 9.92. The molecule has 0 aliphatic heterocycles. The normalized spacial score (nSPS) is 12.7. The maximum atomic E-state index is 9.92. The summed E-state index contributed by atoms with van der Waals surface area (Å²) in [4.78, 5) is 2.94. The van der Waals surface area contributed by atoms with Gasteiger partial charge in [-0.05, 0) is 29.3 Å². The SMILES string of the molecule is OC(Cc1cccc(Br)c1)c1cc[nH]c1. The van der Waals surface area contributed by atoms with E-state index >= 15 is 0 Å².